The van der Waals surface area contributed by atoms with Gasteiger partial charge >= 0.3 is 0 Å². The quantitative estimate of drug-likeness (QED) is 0.540. The molecule has 1 aromatic carbocycles. The smallest absolute Gasteiger partial charge is 0.273 e. The third kappa shape index (κ3) is 2.54. The molecule has 2 rings (SSSR count). The number of nitrogens with two attached hydrogens (primary N) is 1. The van der Waals surface area contributed by atoms with Crippen LogP contribution in [0.5, 0.6) is 5.75 Å². The zero-order valence-electron chi connectivity index (χ0n) is 8.88. The fraction of sp³-hybridized carbons (Fsp3) is 0.0909. The summed E-state index contributed by atoms with van der Waals surface area (Å²) in [5.74, 6) is -0.291. The van der Waals surface area contributed by atoms with E-state index in [-0.39, 0.29) is 23.9 Å². The number of benzene rings is 1. The molecule has 0 saturated carbocycles. The van der Waals surface area contributed by atoms with Crippen LogP contribution in [-0.2, 0) is 6.54 Å². The van der Waals surface area contributed by atoms with Gasteiger partial charge in [-0.15, -0.1) is 0 Å². The molecule has 1 aromatic heterocycles. The Morgan fingerprint density at radius 3 is 3.00 bits per heavy atom. The topological polar surface area (TPSA) is 101 Å². The zero-order chi connectivity index (χ0) is 12.3. The highest BCUT2D eigenvalue weighted by Gasteiger charge is 2.09. The molecule has 0 aliphatic rings. The minimum Gasteiger partial charge on any atom is -0.508 e. The summed E-state index contributed by atoms with van der Waals surface area (Å²) in [6, 6.07) is 6.11. The molecule has 6 nitrogen and oxygen atoms in total. The Morgan fingerprint density at radius 1 is 1.47 bits per heavy atom. The second kappa shape index (κ2) is 4.56. The van der Waals surface area contributed by atoms with E-state index in [1.54, 1.807) is 12.1 Å². The van der Waals surface area contributed by atoms with E-state index in [0.717, 1.165) is 0 Å². The molecule has 0 aliphatic carbocycles. The standard InChI is InChI=1S/C11H11N3O3/c12-8-1-2-10(15)7(5-8)6-13-11(16)9-3-4-17-14-9/h1-5,15H,6,12H2,(H,13,16). The van der Waals surface area contributed by atoms with Crippen molar-refractivity contribution in [1.29, 1.82) is 0 Å². The number of phenols is 1. The van der Waals surface area contributed by atoms with Crippen molar-refractivity contribution in [1.82, 2.24) is 10.5 Å². The van der Waals surface area contributed by atoms with E-state index in [1.165, 1.54) is 18.4 Å². The number of hydrogen-bond acceptors (Lipinski definition) is 5. The maximum atomic E-state index is 11.5. The number of phenolic OH excluding ortho intramolecular Hbond substituents is 1. The Morgan fingerprint density at radius 2 is 2.29 bits per heavy atom. The van der Waals surface area contributed by atoms with Gasteiger partial charge in [-0.3, -0.25) is 4.79 Å². The van der Waals surface area contributed by atoms with Crippen molar-refractivity contribution >= 4 is 11.6 Å². The van der Waals surface area contributed by atoms with Crippen molar-refractivity contribution in [3.05, 3.63) is 41.8 Å². The van der Waals surface area contributed by atoms with Crippen LogP contribution in [0, 0.1) is 0 Å². The second-order valence-corrected chi connectivity index (χ2v) is 3.46. The van der Waals surface area contributed by atoms with Gasteiger partial charge < -0.3 is 20.7 Å². The first-order valence-corrected chi connectivity index (χ1v) is 4.93. The summed E-state index contributed by atoms with van der Waals surface area (Å²) < 4.78 is 4.55. The minimum atomic E-state index is -0.374. The molecule has 0 bridgehead atoms. The molecule has 0 radical (unpaired) electrons. The van der Waals surface area contributed by atoms with E-state index in [0.29, 0.717) is 11.3 Å². The van der Waals surface area contributed by atoms with E-state index in [4.69, 9.17) is 5.73 Å². The molecule has 0 aliphatic heterocycles. The molecular formula is C11H11N3O3. The fourth-order valence-electron chi connectivity index (χ4n) is 1.34. The molecule has 4 N–H and O–H groups in total. The molecule has 6 heteroatoms. The monoisotopic (exact) mass is 233 g/mol. The lowest BCUT2D eigenvalue weighted by Gasteiger charge is -2.06. The molecule has 0 spiro atoms. The molecular weight excluding hydrogens is 222 g/mol. The summed E-state index contributed by atoms with van der Waals surface area (Å²) in [5, 5.41) is 15.6. The number of carbonyl (C=O) groups excluding carboxylic acids is 1. The fourth-order valence-corrected chi connectivity index (χ4v) is 1.34. The van der Waals surface area contributed by atoms with Gasteiger partial charge in [0.1, 0.15) is 12.0 Å². The summed E-state index contributed by atoms with van der Waals surface area (Å²) in [7, 11) is 0. The first-order valence-electron chi connectivity index (χ1n) is 4.93. The van der Waals surface area contributed by atoms with E-state index >= 15 is 0 Å². The van der Waals surface area contributed by atoms with Crippen LogP contribution in [0.4, 0.5) is 5.69 Å². The van der Waals surface area contributed by atoms with Crippen LogP contribution in [0.15, 0.2) is 35.1 Å². The number of aromatic hydroxyl groups is 1. The van der Waals surface area contributed by atoms with Gasteiger partial charge in [0.2, 0.25) is 0 Å². The first-order chi connectivity index (χ1) is 8.16. The summed E-state index contributed by atoms with van der Waals surface area (Å²) in [6.45, 7) is 0.169. The van der Waals surface area contributed by atoms with Gasteiger partial charge in [-0.1, -0.05) is 5.16 Å². The maximum Gasteiger partial charge on any atom is 0.273 e. The first kappa shape index (κ1) is 11.0. The van der Waals surface area contributed by atoms with Crippen molar-refractivity contribution in [2.75, 3.05) is 5.73 Å². The highest BCUT2D eigenvalue weighted by molar-refractivity contribution is 5.91. The normalized spacial score (nSPS) is 10.1. The Hall–Kier alpha value is -2.50. The van der Waals surface area contributed by atoms with E-state index < -0.39 is 0 Å². The Labute approximate surface area is 97.0 Å². The number of carbonyl (C=O) groups is 1. The number of nitrogens with one attached hydrogen (secondary N) is 1. The number of amides is 1. The van der Waals surface area contributed by atoms with Crippen molar-refractivity contribution in [3.8, 4) is 5.75 Å². The lowest BCUT2D eigenvalue weighted by atomic mass is 10.2. The number of nitrogen functional groups attached to an aromatic ring is 1. The summed E-state index contributed by atoms with van der Waals surface area (Å²) in [6.07, 6.45) is 1.31. The van der Waals surface area contributed by atoms with Crippen molar-refractivity contribution in [2.24, 2.45) is 0 Å². The van der Waals surface area contributed by atoms with Crippen LogP contribution in [-0.4, -0.2) is 16.2 Å². The number of aromatic nitrogens is 1. The molecule has 0 unspecified atom stereocenters. The van der Waals surface area contributed by atoms with Gasteiger partial charge in [0.25, 0.3) is 5.91 Å². The predicted octanol–water partition coefficient (Wildman–Crippen LogP) is 0.892. The highest BCUT2D eigenvalue weighted by Crippen LogP contribution is 2.19. The van der Waals surface area contributed by atoms with Gasteiger partial charge in [-0.2, -0.15) is 0 Å². The van der Waals surface area contributed by atoms with Gasteiger partial charge in [0, 0.05) is 23.9 Å². The molecule has 0 atom stereocenters. The van der Waals surface area contributed by atoms with Gasteiger partial charge in [-0.05, 0) is 18.2 Å². The summed E-state index contributed by atoms with van der Waals surface area (Å²) in [4.78, 5) is 11.5. The Balaban J connectivity index is 2.03. The van der Waals surface area contributed by atoms with Crippen LogP contribution >= 0.6 is 0 Å². The van der Waals surface area contributed by atoms with Crippen molar-refractivity contribution < 1.29 is 14.4 Å². The Kier molecular flexibility index (Phi) is 2.95. The van der Waals surface area contributed by atoms with Crippen molar-refractivity contribution in [3.63, 3.8) is 0 Å². The summed E-state index contributed by atoms with van der Waals surface area (Å²) in [5.41, 5.74) is 6.83. The maximum absolute atomic E-state index is 11.5. The van der Waals surface area contributed by atoms with Gasteiger partial charge in [0.05, 0.1) is 0 Å². The summed E-state index contributed by atoms with van der Waals surface area (Å²) >= 11 is 0. The van der Waals surface area contributed by atoms with Gasteiger partial charge in [-0.25, -0.2) is 0 Å². The number of nitrogens with zero attached hydrogens (tertiary/aromatic N) is 1. The number of anilines is 1. The Bertz CT molecular complexity index is 523. The number of rotatable bonds is 3. The average molecular weight is 233 g/mol. The molecule has 0 fully saturated rings. The zero-order valence-corrected chi connectivity index (χ0v) is 8.88. The molecule has 2 aromatic rings. The highest BCUT2D eigenvalue weighted by atomic mass is 16.5. The third-order valence-electron chi connectivity index (χ3n) is 2.21. The number of hydrogen-bond donors (Lipinski definition) is 3. The SMILES string of the molecule is Nc1ccc(O)c(CNC(=O)c2ccon2)c1. The molecule has 0 saturated heterocycles. The molecule has 1 amide bonds. The van der Waals surface area contributed by atoms with E-state index in [9.17, 15) is 9.90 Å². The minimum absolute atomic E-state index is 0.0830. The lowest BCUT2D eigenvalue weighted by Crippen LogP contribution is -2.23. The van der Waals surface area contributed by atoms with Crippen molar-refractivity contribution in [2.45, 2.75) is 6.54 Å². The van der Waals surface area contributed by atoms with Crippen LogP contribution in [0.2, 0.25) is 0 Å². The van der Waals surface area contributed by atoms with Crippen LogP contribution < -0.4 is 11.1 Å². The van der Waals surface area contributed by atoms with Crippen LogP contribution in [0.3, 0.4) is 0 Å². The second-order valence-electron chi connectivity index (χ2n) is 3.46. The largest absolute Gasteiger partial charge is 0.508 e. The average Bonchev–Trinajstić information content (AvgIpc) is 2.83. The molecule has 17 heavy (non-hydrogen) atoms. The lowest BCUT2D eigenvalue weighted by molar-refractivity contribution is 0.0941. The van der Waals surface area contributed by atoms with Crippen LogP contribution in [0.25, 0.3) is 0 Å². The van der Waals surface area contributed by atoms with E-state index in [2.05, 4.69) is 15.0 Å². The molecule has 88 valence electrons. The van der Waals surface area contributed by atoms with Gasteiger partial charge in [0.15, 0.2) is 5.69 Å². The third-order valence-corrected chi connectivity index (χ3v) is 2.21. The van der Waals surface area contributed by atoms with Crippen LogP contribution in [0.1, 0.15) is 16.1 Å². The predicted molar refractivity (Wildman–Crippen MR) is 60.2 cm³/mol. The van der Waals surface area contributed by atoms with E-state index in [1.807, 2.05) is 0 Å². The molecule has 1 heterocycles.